The molecule has 14 heavy (non-hydrogen) atoms. The summed E-state index contributed by atoms with van der Waals surface area (Å²) < 4.78 is 12.9. The number of amides is 1. The Hall–Kier alpha value is -1.38. The van der Waals surface area contributed by atoms with Crippen molar-refractivity contribution in [2.75, 3.05) is 13.6 Å². The number of aryl methyl sites for hydroxylation is 1. The molecular weight excluding hydrogens is 181 g/mol. The zero-order chi connectivity index (χ0) is 10.7. The maximum absolute atomic E-state index is 12.9. The Kier molecular flexibility index (Phi) is 3.23. The molecule has 0 atom stereocenters. The molecule has 0 aliphatic heterocycles. The van der Waals surface area contributed by atoms with Gasteiger partial charge in [0.1, 0.15) is 5.82 Å². The third-order valence-corrected chi connectivity index (χ3v) is 2.25. The van der Waals surface area contributed by atoms with E-state index >= 15 is 0 Å². The average molecular weight is 195 g/mol. The molecular formula is C11H14FNO. The number of hydrogen-bond donors (Lipinski definition) is 0. The lowest BCUT2D eigenvalue weighted by atomic mass is 10.1. The first-order chi connectivity index (χ1) is 6.56. The van der Waals surface area contributed by atoms with E-state index in [1.54, 1.807) is 24.9 Å². The summed E-state index contributed by atoms with van der Waals surface area (Å²) in [6, 6.07) is 4.26. The summed E-state index contributed by atoms with van der Waals surface area (Å²) in [4.78, 5) is 13.3. The Balaban J connectivity index is 3.06. The van der Waals surface area contributed by atoms with Gasteiger partial charge in [-0.3, -0.25) is 4.79 Å². The van der Waals surface area contributed by atoms with Gasteiger partial charge in [-0.1, -0.05) is 6.07 Å². The van der Waals surface area contributed by atoms with E-state index in [-0.39, 0.29) is 11.7 Å². The summed E-state index contributed by atoms with van der Waals surface area (Å²) in [6.07, 6.45) is 0. The summed E-state index contributed by atoms with van der Waals surface area (Å²) in [5.41, 5.74) is 1.24. The second kappa shape index (κ2) is 4.22. The molecule has 0 N–H and O–H groups in total. The number of halogens is 1. The van der Waals surface area contributed by atoms with E-state index < -0.39 is 0 Å². The summed E-state index contributed by atoms with van der Waals surface area (Å²) >= 11 is 0. The summed E-state index contributed by atoms with van der Waals surface area (Å²) in [5.74, 6) is -0.507. The van der Waals surface area contributed by atoms with Crippen molar-refractivity contribution in [2.45, 2.75) is 13.8 Å². The van der Waals surface area contributed by atoms with Crippen LogP contribution in [0.3, 0.4) is 0 Å². The van der Waals surface area contributed by atoms with Crippen LogP contribution in [0.25, 0.3) is 0 Å². The Morgan fingerprint density at radius 2 is 2.14 bits per heavy atom. The van der Waals surface area contributed by atoms with Crippen molar-refractivity contribution >= 4 is 5.91 Å². The molecule has 0 heterocycles. The van der Waals surface area contributed by atoms with Crippen LogP contribution in [0.1, 0.15) is 22.8 Å². The van der Waals surface area contributed by atoms with Crippen LogP contribution in [0.5, 0.6) is 0 Å². The monoisotopic (exact) mass is 195 g/mol. The SMILES string of the molecule is CCN(C)C(=O)c1cc(F)ccc1C. The number of carbonyl (C=O) groups excluding carboxylic acids is 1. The fourth-order valence-corrected chi connectivity index (χ4v) is 1.17. The quantitative estimate of drug-likeness (QED) is 0.708. The minimum absolute atomic E-state index is 0.135. The smallest absolute Gasteiger partial charge is 0.253 e. The topological polar surface area (TPSA) is 20.3 Å². The van der Waals surface area contributed by atoms with Crippen molar-refractivity contribution in [1.29, 1.82) is 0 Å². The second-order valence-corrected chi connectivity index (χ2v) is 3.28. The van der Waals surface area contributed by atoms with E-state index in [4.69, 9.17) is 0 Å². The predicted molar refractivity (Wildman–Crippen MR) is 53.8 cm³/mol. The zero-order valence-electron chi connectivity index (χ0n) is 8.67. The fraction of sp³-hybridized carbons (Fsp3) is 0.364. The highest BCUT2D eigenvalue weighted by Crippen LogP contribution is 2.12. The summed E-state index contributed by atoms with van der Waals surface area (Å²) in [5, 5.41) is 0. The first-order valence-electron chi connectivity index (χ1n) is 4.58. The maximum Gasteiger partial charge on any atom is 0.253 e. The lowest BCUT2D eigenvalue weighted by molar-refractivity contribution is 0.0801. The molecule has 0 saturated heterocycles. The number of benzene rings is 1. The number of nitrogens with zero attached hydrogens (tertiary/aromatic N) is 1. The highest BCUT2D eigenvalue weighted by atomic mass is 19.1. The molecule has 0 fully saturated rings. The van der Waals surface area contributed by atoms with Crippen LogP contribution in [0.15, 0.2) is 18.2 Å². The normalized spacial score (nSPS) is 10.0. The first kappa shape index (κ1) is 10.7. The van der Waals surface area contributed by atoms with Gasteiger partial charge in [0, 0.05) is 19.2 Å². The molecule has 1 aromatic rings. The van der Waals surface area contributed by atoms with Gasteiger partial charge in [-0.15, -0.1) is 0 Å². The summed E-state index contributed by atoms with van der Waals surface area (Å²) in [6.45, 7) is 4.30. The van der Waals surface area contributed by atoms with Gasteiger partial charge in [0.15, 0.2) is 0 Å². The summed E-state index contributed by atoms with van der Waals surface area (Å²) in [7, 11) is 1.70. The second-order valence-electron chi connectivity index (χ2n) is 3.28. The van der Waals surface area contributed by atoms with E-state index in [0.29, 0.717) is 12.1 Å². The van der Waals surface area contributed by atoms with Gasteiger partial charge in [-0.2, -0.15) is 0 Å². The van der Waals surface area contributed by atoms with Gasteiger partial charge in [0.2, 0.25) is 0 Å². The highest BCUT2D eigenvalue weighted by Gasteiger charge is 2.12. The Morgan fingerprint density at radius 3 is 2.71 bits per heavy atom. The molecule has 0 saturated carbocycles. The van der Waals surface area contributed by atoms with Gasteiger partial charge in [0.25, 0.3) is 5.91 Å². The van der Waals surface area contributed by atoms with Gasteiger partial charge in [-0.05, 0) is 31.5 Å². The van der Waals surface area contributed by atoms with E-state index in [0.717, 1.165) is 5.56 Å². The highest BCUT2D eigenvalue weighted by molar-refractivity contribution is 5.95. The third-order valence-electron chi connectivity index (χ3n) is 2.25. The molecule has 76 valence electrons. The molecule has 1 amide bonds. The molecule has 0 aliphatic carbocycles. The van der Waals surface area contributed by atoms with Crippen molar-refractivity contribution in [3.8, 4) is 0 Å². The number of hydrogen-bond acceptors (Lipinski definition) is 1. The lowest BCUT2D eigenvalue weighted by Gasteiger charge is -2.15. The zero-order valence-corrected chi connectivity index (χ0v) is 8.67. The standard InChI is InChI=1S/C11H14FNO/c1-4-13(3)11(14)10-7-9(12)6-5-8(10)2/h5-7H,4H2,1-3H3. The van der Waals surface area contributed by atoms with Crippen molar-refractivity contribution in [2.24, 2.45) is 0 Å². The maximum atomic E-state index is 12.9. The first-order valence-corrected chi connectivity index (χ1v) is 4.58. The minimum atomic E-state index is -0.372. The van der Waals surface area contributed by atoms with Gasteiger partial charge in [0.05, 0.1) is 0 Å². The van der Waals surface area contributed by atoms with E-state index in [2.05, 4.69) is 0 Å². The Morgan fingerprint density at radius 1 is 1.50 bits per heavy atom. The number of rotatable bonds is 2. The van der Waals surface area contributed by atoms with Crippen molar-refractivity contribution in [1.82, 2.24) is 4.90 Å². The van der Waals surface area contributed by atoms with Crippen LogP contribution in [0, 0.1) is 12.7 Å². The van der Waals surface area contributed by atoms with E-state index in [9.17, 15) is 9.18 Å². The molecule has 3 heteroatoms. The van der Waals surface area contributed by atoms with Crippen molar-refractivity contribution < 1.29 is 9.18 Å². The number of carbonyl (C=O) groups is 1. The fourth-order valence-electron chi connectivity index (χ4n) is 1.17. The molecule has 1 rings (SSSR count). The average Bonchev–Trinajstić information content (AvgIpc) is 2.19. The van der Waals surface area contributed by atoms with Crippen LogP contribution >= 0.6 is 0 Å². The largest absolute Gasteiger partial charge is 0.342 e. The molecule has 0 spiro atoms. The minimum Gasteiger partial charge on any atom is -0.342 e. The molecule has 0 unspecified atom stereocenters. The van der Waals surface area contributed by atoms with Gasteiger partial charge in [-0.25, -0.2) is 4.39 Å². The van der Waals surface area contributed by atoms with Crippen LogP contribution in [-0.2, 0) is 0 Å². The molecule has 1 aromatic carbocycles. The molecule has 2 nitrogen and oxygen atoms in total. The van der Waals surface area contributed by atoms with Crippen LogP contribution in [0.2, 0.25) is 0 Å². The Bertz CT molecular complexity index is 349. The van der Waals surface area contributed by atoms with E-state index in [1.807, 2.05) is 6.92 Å². The molecule has 0 bridgehead atoms. The van der Waals surface area contributed by atoms with Crippen molar-refractivity contribution in [3.05, 3.63) is 35.1 Å². The molecule has 0 radical (unpaired) electrons. The molecule has 0 aromatic heterocycles. The predicted octanol–water partition coefficient (Wildman–Crippen LogP) is 2.23. The third kappa shape index (κ3) is 2.10. The van der Waals surface area contributed by atoms with Crippen molar-refractivity contribution in [3.63, 3.8) is 0 Å². The van der Waals surface area contributed by atoms with E-state index in [1.165, 1.54) is 12.1 Å². The Labute approximate surface area is 83.3 Å². The van der Waals surface area contributed by atoms with Gasteiger partial charge < -0.3 is 4.90 Å². The van der Waals surface area contributed by atoms with Crippen LogP contribution < -0.4 is 0 Å². The van der Waals surface area contributed by atoms with Gasteiger partial charge >= 0.3 is 0 Å². The van der Waals surface area contributed by atoms with Crippen LogP contribution in [0.4, 0.5) is 4.39 Å². The molecule has 0 aliphatic rings. The van der Waals surface area contributed by atoms with Crippen LogP contribution in [-0.4, -0.2) is 24.4 Å². The lowest BCUT2D eigenvalue weighted by Crippen LogP contribution is -2.26.